The largest absolute Gasteiger partial charge is 0.493 e. The monoisotopic (exact) mass is 479 g/mol. The van der Waals surface area contributed by atoms with Crippen molar-refractivity contribution in [2.75, 3.05) is 19.5 Å². The Balaban J connectivity index is 1.42. The first-order valence-electron chi connectivity index (χ1n) is 10.7. The number of carbonyl (C=O) groups is 1. The van der Waals surface area contributed by atoms with Crippen molar-refractivity contribution in [3.8, 4) is 23.1 Å². The summed E-state index contributed by atoms with van der Waals surface area (Å²) in [6, 6.07) is 18.6. The maximum Gasteiger partial charge on any atom is 0.200 e. The SMILES string of the molecule is COc1cc(C(C)=O)ccc1OCC(O)CSc1nnc(-c2ccco2)n1Cc1ccccc1. The smallest absolute Gasteiger partial charge is 0.200 e. The summed E-state index contributed by atoms with van der Waals surface area (Å²) in [6.45, 7) is 2.11. The van der Waals surface area contributed by atoms with E-state index in [1.807, 2.05) is 47.0 Å². The number of ether oxygens (including phenoxy) is 2. The Bertz CT molecular complexity index is 1220. The molecule has 2 aromatic heterocycles. The van der Waals surface area contributed by atoms with Crippen LogP contribution in [0.25, 0.3) is 11.6 Å². The van der Waals surface area contributed by atoms with E-state index < -0.39 is 6.10 Å². The maximum absolute atomic E-state index is 11.6. The number of hydrogen-bond donors (Lipinski definition) is 1. The molecule has 0 fully saturated rings. The van der Waals surface area contributed by atoms with Crippen LogP contribution < -0.4 is 9.47 Å². The Hall–Kier alpha value is -3.56. The molecule has 0 aliphatic carbocycles. The molecule has 176 valence electrons. The minimum absolute atomic E-state index is 0.0562. The third-order valence-corrected chi connectivity index (χ3v) is 6.16. The second-order valence-electron chi connectivity index (χ2n) is 7.55. The third kappa shape index (κ3) is 5.67. The van der Waals surface area contributed by atoms with Gasteiger partial charge in [-0.2, -0.15) is 0 Å². The molecule has 34 heavy (non-hydrogen) atoms. The van der Waals surface area contributed by atoms with E-state index in [2.05, 4.69) is 10.2 Å². The molecule has 0 aliphatic rings. The van der Waals surface area contributed by atoms with Crippen LogP contribution >= 0.6 is 11.8 Å². The van der Waals surface area contributed by atoms with Gasteiger partial charge in [-0.25, -0.2) is 0 Å². The highest BCUT2D eigenvalue weighted by Gasteiger charge is 2.18. The van der Waals surface area contributed by atoms with Gasteiger partial charge >= 0.3 is 0 Å². The van der Waals surface area contributed by atoms with Crippen molar-refractivity contribution in [1.82, 2.24) is 14.8 Å². The second-order valence-corrected chi connectivity index (χ2v) is 8.54. The number of ketones is 1. The summed E-state index contributed by atoms with van der Waals surface area (Å²) in [5, 5.41) is 19.8. The fourth-order valence-electron chi connectivity index (χ4n) is 3.30. The summed E-state index contributed by atoms with van der Waals surface area (Å²) in [7, 11) is 1.51. The molecule has 8 nitrogen and oxygen atoms in total. The van der Waals surface area contributed by atoms with Crippen LogP contribution in [0, 0.1) is 0 Å². The van der Waals surface area contributed by atoms with Crippen LogP contribution in [0.5, 0.6) is 11.5 Å². The molecule has 0 spiro atoms. The van der Waals surface area contributed by atoms with Crippen LogP contribution in [0.4, 0.5) is 0 Å². The van der Waals surface area contributed by atoms with Gasteiger partial charge in [0.05, 0.1) is 26.0 Å². The van der Waals surface area contributed by atoms with Crippen LogP contribution in [0.1, 0.15) is 22.8 Å². The minimum atomic E-state index is -0.767. The Morgan fingerprint density at radius 1 is 1.12 bits per heavy atom. The Morgan fingerprint density at radius 3 is 2.65 bits per heavy atom. The first-order valence-corrected chi connectivity index (χ1v) is 11.7. The van der Waals surface area contributed by atoms with E-state index >= 15 is 0 Å². The van der Waals surface area contributed by atoms with Gasteiger partial charge in [-0.05, 0) is 42.8 Å². The van der Waals surface area contributed by atoms with E-state index in [0.29, 0.717) is 46.1 Å². The number of Topliss-reactive ketones (excluding diaryl/α,β-unsaturated/α-hetero) is 1. The number of carbonyl (C=O) groups excluding carboxylic acids is 1. The van der Waals surface area contributed by atoms with Gasteiger partial charge in [-0.1, -0.05) is 42.1 Å². The molecular weight excluding hydrogens is 454 g/mol. The minimum Gasteiger partial charge on any atom is -0.493 e. The molecule has 0 radical (unpaired) electrons. The topological polar surface area (TPSA) is 99.6 Å². The molecule has 0 saturated carbocycles. The number of nitrogens with zero attached hydrogens (tertiary/aromatic N) is 3. The van der Waals surface area contributed by atoms with Gasteiger partial charge in [0.1, 0.15) is 6.61 Å². The Labute approximate surface area is 201 Å². The Kier molecular flexibility index (Phi) is 7.66. The number of aliphatic hydroxyl groups excluding tert-OH is 1. The summed E-state index contributed by atoms with van der Waals surface area (Å²) in [5.74, 6) is 2.44. The number of thioether (sulfide) groups is 1. The second kappa shape index (κ2) is 11.0. The maximum atomic E-state index is 11.6. The standard InChI is InChI=1S/C25H25N3O5S/c1-17(29)19-10-11-21(23(13-19)31-2)33-15-20(30)16-34-25-27-26-24(22-9-6-12-32-22)28(25)14-18-7-4-3-5-8-18/h3-13,20,30H,14-16H2,1-2H3. The number of furan rings is 1. The number of benzene rings is 2. The molecule has 0 saturated heterocycles. The molecule has 4 rings (SSSR count). The molecule has 2 heterocycles. The van der Waals surface area contributed by atoms with Crippen molar-refractivity contribution >= 4 is 17.5 Å². The lowest BCUT2D eigenvalue weighted by molar-refractivity contribution is 0.101. The van der Waals surface area contributed by atoms with Crippen molar-refractivity contribution < 1.29 is 23.8 Å². The molecule has 1 atom stereocenters. The lowest BCUT2D eigenvalue weighted by Gasteiger charge is -2.15. The van der Waals surface area contributed by atoms with Gasteiger partial charge in [-0.15, -0.1) is 10.2 Å². The molecule has 9 heteroatoms. The zero-order valence-electron chi connectivity index (χ0n) is 18.9. The summed E-state index contributed by atoms with van der Waals surface area (Å²) >= 11 is 1.39. The predicted octanol–water partition coefficient (Wildman–Crippen LogP) is 4.33. The third-order valence-electron chi connectivity index (χ3n) is 5.05. The van der Waals surface area contributed by atoms with E-state index in [9.17, 15) is 9.90 Å². The quantitative estimate of drug-likeness (QED) is 0.251. The number of aliphatic hydroxyl groups is 1. The predicted molar refractivity (Wildman–Crippen MR) is 128 cm³/mol. The van der Waals surface area contributed by atoms with Crippen LogP contribution in [0.3, 0.4) is 0 Å². The summed E-state index contributed by atoms with van der Waals surface area (Å²) in [5.41, 5.74) is 1.63. The zero-order valence-corrected chi connectivity index (χ0v) is 19.7. The molecule has 2 aromatic carbocycles. The normalized spacial score (nSPS) is 11.9. The molecule has 0 amide bonds. The summed E-state index contributed by atoms with van der Waals surface area (Å²) in [4.78, 5) is 11.6. The zero-order chi connectivity index (χ0) is 23.9. The van der Waals surface area contributed by atoms with Crippen molar-refractivity contribution in [2.45, 2.75) is 24.7 Å². The highest BCUT2D eigenvalue weighted by atomic mass is 32.2. The molecule has 0 bridgehead atoms. The van der Waals surface area contributed by atoms with E-state index in [-0.39, 0.29) is 12.4 Å². The van der Waals surface area contributed by atoms with Crippen molar-refractivity contribution in [3.63, 3.8) is 0 Å². The van der Waals surface area contributed by atoms with E-state index in [1.54, 1.807) is 24.5 Å². The number of hydrogen-bond acceptors (Lipinski definition) is 8. The van der Waals surface area contributed by atoms with Gasteiger partial charge in [0.2, 0.25) is 5.82 Å². The molecule has 1 N–H and O–H groups in total. The highest BCUT2D eigenvalue weighted by molar-refractivity contribution is 7.99. The average Bonchev–Trinajstić information content (AvgIpc) is 3.52. The number of rotatable bonds is 11. The van der Waals surface area contributed by atoms with Crippen molar-refractivity contribution in [1.29, 1.82) is 0 Å². The lowest BCUT2D eigenvalue weighted by atomic mass is 10.1. The summed E-state index contributed by atoms with van der Waals surface area (Å²) < 4.78 is 18.6. The lowest BCUT2D eigenvalue weighted by Crippen LogP contribution is -2.20. The first-order chi connectivity index (χ1) is 16.5. The Morgan fingerprint density at radius 2 is 1.94 bits per heavy atom. The van der Waals surface area contributed by atoms with Gasteiger partial charge in [0.25, 0.3) is 0 Å². The van der Waals surface area contributed by atoms with Crippen LogP contribution in [0.15, 0.2) is 76.5 Å². The molecular formula is C25H25N3O5S. The van der Waals surface area contributed by atoms with Gasteiger partial charge in [0, 0.05) is 11.3 Å². The molecule has 4 aromatic rings. The fourth-order valence-corrected chi connectivity index (χ4v) is 4.15. The van der Waals surface area contributed by atoms with Crippen LogP contribution in [-0.4, -0.2) is 51.2 Å². The van der Waals surface area contributed by atoms with Crippen LogP contribution in [-0.2, 0) is 6.54 Å². The number of methoxy groups -OCH3 is 1. The van der Waals surface area contributed by atoms with Crippen LogP contribution in [0.2, 0.25) is 0 Å². The molecule has 0 aliphatic heterocycles. The summed E-state index contributed by atoms with van der Waals surface area (Å²) in [6.07, 6.45) is 0.832. The first kappa shape index (κ1) is 23.6. The average molecular weight is 480 g/mol. The fraction of sp³-hybridized carbons (Fsp3) is 0.240. The number of aromatic nitrogens is 3. The van der Waals surface area contributed by atoms with E-state index in [0.717, 1.165) is 5.56 Å². The van der Waals surface area contributed by atoms with Gasteiger partial charge < -0.3 is 19.0 Å². The highest BCUT2D eigenvalue weighted by Crippen LogP contribution is 2.29. The van der Waals surface area contributed by atoms with E-state index in [1.165, 1.54) is 25.8 Å². The van der Waals surface area contributed by atoms with Crippen molar-refractivity contribution in [2.24, 2.45) is 0 Å². The van der Waals surface area contributed by atoms with Gasteiger partial charge in [0.15, 0.2) is 28.2 Å². The van der Waals surface area contributed by atoms with Crippen molar-refractivity contribution in [3.05, 3.63) is 78.1 Å². The van der Waals surface area contributed by atoms with Gasteiger partial charge in [-0.3, -0.25) is 9.36 Å². The van der Waals surface area contributed by atoms with E-state index in [4.69, 9.17) is 13.9 Å². The molecule has 1 unspecified atom stereocenters.